The molecule has 1 aromatic carbocycles. The van der Waals surface area contributed by atoms with Crippen LogP contribution in [0.4, 0.5) is 0 Å². The standard InChI is InChI=1S/C15H19N3O4S.ClH/c19-14-12-4-1-2-5-13(12)15(20)18(14)8-3-9-23(21,22)17-11-6-7-16-10-11;/h1-2,4-5,11,16-17H,3,6-10H2;1H. The van der Waals surface area contributed by atoms with Crippen molar-refractivity contribution in [3.05, 3.63) is 35.4 Å². The number of benzene rings is 1. The summed E-state index contributed by atoms with van der Waals surface area (Å²) < 4.78 is 26.7. The molecule has 1 atom stereocenters. The maximum Gasteiger partial charge on any atom is 0.261 e. The zero-order chi connectivity index (χ0) is 16.4. The Morgan fingerprint density at radius 1 is 1.17 bits per heavy atom. The van der Waals surface area contributed by atoms with Gasteiger partial charge >= 0.3 is 0 Å². The van der Waals surface area contributed by atoms with E-state index in [0.29, 0.717) is 17.7 Å². The third-order valence-electron chi connectivity index (χ3n) is 4.08. The first-order valence-electron chi connectivity index (χ1n) is 7.64. The Labute approximate surface area is 147 Å². The molecule has 132 valence electrons. The lowest BCUT2D eigenvalue weighted by atomic mass is 10.1. The number of carbonyl (C=O) groups is 2. The van der Waals surface area contributed by atoms with E-state index in [4.69, 9.17) is 0 Å². The van der Waals surface area contributed by atoms with Gasteiger partial charge in [-0.25, -0.2) is 13.1 Å². The average molecular weight is 374 g/mol. The van der Waals surface area contributed by atoms with Crippen LogP contribution in [-0.2, 0) is 10.0 Å². The molecular formula is C15H20ClN3O4S. The SMILES string of the molecule is Cl.O=C1c2ccccc2C(=O)N1CCCS(=O)(=O)NC1CCNC1. The fraction of sp³-hybridized carbons (Fsp3) is 0.467. The monoisotopic (exact) mass is 373 g/mol. The fourth-order valence-corrected chi connectivity index (χ4v) is 4.26. The van der Waals surface area contributed by atoms with Crippen LogP contribution in [-0.4, -0.2) is 56.6 Å². The molecule has 2 N–H and O–H groups in total. The van der Waals surface area contributed by atoms with E-state index in [-0.39, 0.29) is 49.0 Å². The normalized spacial score (nSPS) is 20.2. The summed E-state index contributed by atoms with van der Waals surface area (Å²) in [6.45, 7) is 1.55. The first-order valence-corrected chi connectivity index (χ1v) is 9.29. The topological polar surface area (TPSA) is 95.6 Å². The van der Waals surface area contributed by atoms with Gasteiger partial charge in [-0.05, 0) is 31.5 Å². The lowest BCUT2D eigenvalue weighted by molar-refractivity contribution is 0.0654. The molecule has 9 heteroatoms. The molecule has 2 aliphatic heterocycles. The third-order valence-corrected chi connectivity index (χ3v) is 5.60. The second kappa shape index (κ2) is 7.60. The molecule has 0 aromatic heterocycles. The minimum Gasteiger partial charge on any atom is -0.315 e. The molecule has 1 unspecified atom stereocenters. The number of sulfonamides is 1. The van der Waals surface area contributed by atoms with E-state index in [0.717, 1.165) is 17.9 Å². The van der Waals surface area contributed by atoms with Crippen molar-refractivity contribution in [1.29, 1.82) is 0 Å². The minimum atomic E-state index is -3.40. The maximum absolute atomic E-state index is 12.2. The molecule has 2 amide bonds. The highest BCUT2D eigenvalue weighted by atomic mass is 35.5. The molecule has 1 aromatic rings. The van der Waals surface area contributed by atoms with E-state index < -0.39 is 10.0 Å². The molecule has 1 fully saturated rings. The van der Waals surface area contributed by atoms with Crippen LogP contribution in [0.1, 0.15) is 33.6 Å². The molecule has 2 heterocycles. The number of amides is 2. The molecule has 0 radical (unpaired) electrons. The van der Waals surface area contributed by atoms with Crippen molar-refractivity contribution in [1.82, 2.24) is 14.9 Å². The van der Waals surface area contributed by atoms with E-state index in [1.807, 2.05) is 0 Å². The molecule has 2 aliphatic rings. The van der Waals surface area contributed by atoms with Crippen LogP contribution in [0.15, 0.2) is 24.3 Å². The van der Waals surface area contributed by atoms with Crippen LogP contribution in [0.5, 0.6) is 0 Å². The van der Waals surface area contributed by atoms with E-state index in [2.05, 4.69) is 10.0 Å². The maximum atomic E-state index is 12.2. The summed E-state index contributed by atoms with van der Waals surface area (Å²) in [6, 6.07) is 6.57. The Bertz CT molecular complexity index is 697. The van der Waals surface area contributed by atoms with Crippen LogP contribution in [0.25, 0.3) is 0 Å². The lowest BCUT2D eigenvalue weighted by Gasteiger charge is -2.15. The summed E-state index contributed by atoms with van der Waals surface area (Å²) in [6.07, 6.45) is 0.999. The largest absolute Gasteiger partial charge is 0.315 e. The first kappa shape index (κ1) is 18.9. The van der Waals surface area contributed by atoms with Crippen molar-refractivity contribution in [2.24, 2.45) is 0 Å². The van der Waals surface area contributed by atoms with Crippen LogP contribution in [0, 0.1) is 0 Å². The van der Waals surface area contributed by atoms with Crippen molar-refractivity contribution in [2.75, 3.05) is 25.4 Å². The number of halogens is 1. The average Bonchev–Trinajstić information content (AvgIpc) is 3.09. The number of hydrogen-bond donors (Lipinski definition) is 2. The van der Waals surface area contributed by atoms with Gasteiger partial charge in [0.15, 0.2) is 0 Å². The highest BCUT2D eigenvalue weighted by Crippen LogP contribution is 2.22. The molecule has 0 spiro atoms. The molecule has 1 saturated heterocycles. The summed E-state index contributed by atoms with van der Waals surface area (Å²) >= 11 is 0. The Morgan fingerprint density at radius 3 is 2.33 bits per heavy atom. The zero-order valence-electron chi connectivity index (χ0n) is 13.0. The zero-order valence-corrected chi connectivity index (χ0v) is 14.7. The van der Waals surface area contributed by atoms with Crippen LogP contribution in [0.2, 0.25) is 0 Å². The number of carbonyl (C=O) groups excluding carboxylic acids is 2. The summed E-state index contributed by atoms with van der Waals surface area (Å²) in [5.74, 6) is -0.802. The Hall–Kier alpha value is -1.48. The molecule has 24 heavy (non-hydrogen) atoms. The summed E-state index contributed by atoms with van der Waals surface area (Å²) in [5, 5.41) is 3.09. The number of rotatable bonds is 6. The second-order valence-electron chi connectivity index (χ2n) is 5.79. The van der Waals surface area contributed by atoms with Gasteiger partial charge in [-0.1, -0.05) is 12.1 Å². The van der Waals surface area contributed by atoms with E-state index in [1.54, 1.807) is 24.3 Å². The Morgan fingerprint density at radius 2 is 1.79 bits per heavy atom. The van der Waals surface area contributed by atoms with Gasteiger partial charge in [0.05, 0.1) is 16.9 Å². The van der Waals surface area contributed by atoms with Gasteiger partial charge in [0.1, 0.15) is 0 Å². The molecular weight excluding hydrogens is 354 g/mol. The number of nitrogens with one attached hydrogen (secondary N) is 2. The summed E-state index contributed by atoms with van der Waals surface area (Å²) in [4.78, 5) is 25.5. The second-order valence-corrected chi connectivity index (χ2v) is 7.66. The Balaban J connectivity index is 0.00000208. The molecule has 0 saturated carbocycles. The van der Waals surface area contributed by atoms with Crippen molar-refractivity contribution in [2.45, 2.75) is 18.9 Å². The first-order chi connectivity index (χ1) is 11.0. The smallest absolute Gasteiger partial charge is 0.261 e. The van der Waals surface area contributed by atoms with E-state index >= 15 is 0 Å². The van der Waals surface area contributed by atoms with Crippen molar-refractivity contribution in [3.8, 4) is 0 Å². The number of fused-ring (bicyclic) bond motifs is 1. The van der Waals surface area contributed by atoms with Gasteiger partial charge in [0.2, 0.25) is 10.0 Å². The summed E-state index contributed by atoms with van der Waals surface area (Å²) in [5.41, 5.74) is 0.769. The molecule has 0 aliphatic carbocycles. The van der Waals surface area contributed by atoms with Gasteiger partial charge in [-0.3, -0.25) is 14.5 Å². The third kappa shape index (κ3) is 3.94. The van der Waals surface area contributed by atoms with Crippen LogP contribution in [0.3, 0.4) is 0 Å². The minimum absolute atomic E-state index is 0. The quantitative estimate of drug-likeness (QED) is 0.703. The molecule has 0 bridgehead atoms. The summed E-state index contributed by atoms with van der Waals surface area (Å²) in [7, 11) is -3.40. The molecule has 7 nitrogen and oxygen atoms in total. The number of hydrogen-bond acceptors (Lipinski definition) is 5. The van der Waals surface area contributed by atoms with Gasteiger partial charge < -0.3 is 5.32 Å². The lowest BCUT2D eigenvalue weighted by Crippen LogP contribution is -2.39. The van der Waals surface area contributed by atoms with Crippen LogP contribution < -0.4 is 10.0 Å². The predicted molar refractivity (Wildman–Crippen MR) is 91.9 cm³/mol. The van der Waals surface area contributed by atoms with E-state index in [9.17, 15) is 18.0 Å². The van der Waals surface area contributed by atoms with Gasteiger partial charge in [0, 0.05) is 19.1 Å². The number of nitrogens with zero attached hydrogens (tertiary/aromatic N) is 1. The van der Waals surface area contributed by atoms with Crippen molar-refractivity contribution >= 4 is 34.2 Å². The van der Waals surface area contributed by atoms with Gasteiger partial charge in [-0.15, -0.1) is 12.4 Å². The van der Waals surface area contributed by atoms with Crippen LogP contribution >= 0.6 is 12.4 Å². The highest BCUT2D eigenvalue weighted by molar-refractivity contribution is 7.89. The Kier molecular flexibility index (Phi) is 5.97. The molecule has 3 rings (SSSR count). The number of imide groups is 1. The predicted octanol–water partition coefficient (Wildman–Crippen LogP) is 0.376. The van der Waals surface area contributed by atoms with E-state index in [1.165, 1.54) is 0 Å². The van der Waals surface area contributed by atoms with Gasteiger partial charge in [0.25, 0.3) is 11.8 Å². The van der Waals surface area contributed by atoms with Crippen molar-refractivity contribution < 1.29 is 18.0 Å². The fourth-order valence-electron chi connectivity index (χ4n) is 2.92. The van der Waals surface area contributed by atoms with Crippen molar-refractivity contribution in [3.63, 3.8) is 0 Å². The van der Waals surface area contributed by atoms with Gasteiger partial charge in [-0.2, -0.15) is 0 Å². The highest BCUT2D eigenvalue weighted by Gasteiger charge is 2.34.